The summed E-state index contributed by atoms with van der Waals surface area (Å²) in [5.74, 6) is -2.27. The molecule has 234 valence electrons. The Morgan fingerprint density at radius 3 is 2.34 bits per heavy atom. The maximum Gasteiger partial charge on any atom is 0.308 e. The summed E-state index contributed by atoms with van der Waals surface area (Å²) >= 11 is 0. The molecule has 2 N–H and O–H groups in total. The number of ether oxygens (including phenoxy) is 3. The second-order valence-corrected chi connectivity index (χ2v) is 12.5. The highest BCUT2D eigenvalue weighted by Crippen LogP contribution is 2.34. The number of aliphatic hydroxyl groups is 2. The number of carbonyl (C=O) groups is 3. The van der Waals surface area contributed by atoms with Gasteiger partial charge in [-0.2, -0.15) is 0 Å². The molecule has 2 heterocycles. The molecular weight excluding hydrogens is 526 g/mol. The Bertz CT molecular complexity index is 917. The van der Waals surface area contributed by atoms with Crippen molar-refractivity contribution in [1.82, 2.24) is 4.90 Å². The van der Waals surface area contributed by atoms with Gasteiger partial charge in [-0.3, -0.25) is 9.59 Å². The van der Waals surface area contributed by atoms with Crippen molar-refractivity contribution in [3.05, 3.63) is 23.8 Å². The van der Waals surface area contributed by atoms with Gasteiger partial charge in [0.1, 0.15) is 18.5 Å². The number of ketones is 1. The van der Waals surface area contributed by atoms with E-state index < -0.39 is 36.4 Å². The molecule has 2 aliphatic rings. The van der Waals surface area contributed by atoms with Gasteiger partial charge in [0.15, 0.2) is 12.1 Å². The molecule has 0 bridgehead atoms. The molecule has 1 saturated heterocycles. The minimum Gasteiger partial charge on any atom is -0.461 e. The Morgan fingerprint density at radius 2 is 1.76 bits per heavy atom. The normalized spacial score (nSPS) is 40.5. The lowest BCUT2D eigenvalue weighted by Gasteiger charge is -2.44. The number of aliphatic hydroxyl groups excluding tert-OH is 2. The minimum atomic E-state index is -0.922. The highest BCUT2D eigenvalue weighted by atomic mass is 16.7. The van der Waals surface area contributed by atoms with Gasteiger partial charge in [-0.1, -0.05) is 45.4 Å². The number of hydrogen-bond acceptors (Lipinski definition) is 9. The summed E-state index contributed by atoms with van der Waals surface area (Å²) in [5.41, 5.74) is 0.784. The average Bonchev–Trinajstić information content (AvgIpc) is 2.92. The summed E-state index contributed by atoms with van der Waals surface area (Å²) in [6, 6.07) is -0.170. The molecule has 0 radical (unpaired) electrons. The first-order chi connectivity index (χ1) is 19.3. The average molecular weight is 580 g/mol. The summed E-state index contributed by atoms with van der Waals surface area (Å²) < 4.78 is 18.5. The zero-order chi connectivity index (χ0) is 30.9. The fraction of sp³-hybridized carbons (Fsp3) is 0.781. The number of aldehydes is 1. The number of likely N-dealkylation sites (N-methyl/N-ethyl adjacent to an activating group) is 1. The van der Waals surface area contributed by atoms with E-state index in [9.17, 15) is 24.6 Å². The van der Waals surface area contributed by atoms with Gasteiger partial charge in [0.2, 0.25) is 0 Å². The molecule has 2 rings (SSSR count). The molecule has 0 aromatic rings. The molecule has 0 spiro atoms. The number of cyclic esters (lactones) is 1. The van der Waals surface area contributed by atoms with Crippen LogP contribution in [0.3, 0.4) is 0 Å². The molecule has 11 atom stereocenters. The molecule has 0 unspecified atom stereocenters. The molecular formula is C32H53NO8. The Kier molecular flexibility index (Phi) is 14.3. The standard InChI is InChI=1S/C32H53NO8/c1-9-28-25(18-35)14-19(2)10-11-27(36)20(3)16-24(12-13-34)30(21(4)15-22(5)31(38)40-28)41-32-29(37)26(33(7)8)17-23(6)39-32/h10-11,13-14,20-26,28-30,32,35,37H,9,12,15-18H2,1-8H3/b11-10+,19-14+/t20-,21+,22+,23-,24+,25-,26+,28-,29-,30-,32+/m1/s1. The van der Waals surface area contributed by atoms with Gasteiger partial charge < -0.3 is 34.1 Å². The first-order valence-electron chi connectivity index (χ1n) is 15.1. The maximum atomic E-state index is 13.2. The largest absolute Gasteiger partial charge is 0.461 e. The summed E-state index contributed by atoms with van der Waals surface area (Å²) in [4.78, 5) is 40.2. The van der Waals surface area contributed by atoms with Crippen LogP contribution in [0.5, 0.6) is 0 Å². The molecule has 0 saturated carbocycles. The first kappa shape index (κ1) is 35.3. The van der Waals surface area contributed by atoms with Crippen LogP contribution in [0.4, 0.5) is 0 Å². The number of rotatable bonds is 7. The van der Waals surface area contributed by atoms with Crippen molar-refractivity contribution in [1.29, 1.82) is 0 Å². The van der Waals surface area contributed by atoms with E-state index >= 15 is 0 Å². The van der Waals surface area contributed by atoms with Crippen LogP contribution in [-0.2, 0) is 28.6 Å². The molecule has 0 aromatic carbocycles. The molecule has 0 aromatic heterocycles. The summed E-state index contributed by atoms with van der Waals surface area (Å²) in [5, 5.41) is 21.2. The predicted octanol–water partition coefficient (Wildman–Crippen LogP) is 3.71. The Balaban J connectivity index is 2.49. The van der Waals surface area contributed by atoms with Crippen LogP contribution in [0.15, 0.2) is 23.8 Å². The molecule has 2 aliphatic heterocycles. The van der Waals surface area contributed by atoms with Crippen LogP contribution in [0, 0.1) is 29.6 Å². The number of hydrogen-bond donors (Lipinski definition) is 2. The third-order valence-electron chi connectivity index (χ3n) is 8.61. The van der Waals surface area contributed by atoms with Crippen molar-refractivity contribution < 1.29 is 38.8 Å². The van der Waals surface area contributed by atoms with Gasteiger partial charge in [0, 0.05) is 24.3 Å². The van der Waals surface area contributed by atoms with E-state index in [2.05, 4.69) is 0 Å². The Morgan fingerprint density at radius 1 is 1.07 bits per heavy atom. The van der Waals surface area contributed by atoms with E-state index in [-0.39, 0.29) is 54.7 Å². The lowest BCUT2D eigenvalue weighted by atomic mass is 9.79. The SMILES string of the molecule is CC[C@H]1OC(=O)[C@@H](C)C[C@H](C)[C@@H](O[C@@H]2O[C@H](C)C[C@H](N(C)C)[C@H]2O)[C@@H](CC=O)C[C@@H](C)C(=O)/C=C/C(C)=C/[C@@H]1CO. The van der Waals surface area contributed by atoms with Gasteiger partial charge >= 0.3 is 5.97 Å². The van der Waals surface area contributed by atoms with Crippen LogP contribution < -0.4 is 0 Å². The third kappa shape index (κ3) is 10.1. The second-order valence-electron chi connectivity index (χ2n) is 12.5. The van der Waals surface area contributed by atoms with Gasteiger partial charge in [-0.25, -0.2) is 0 Å². The van der Waals surface area contributed by atoms with Crippen molar-refractivity contribution in [2.75, 3.05) is 20.7 Å². The summed E-state index contributed by atoms with van der Waals surface area (Å²) in [7, 11) is 3.81. The molecule has 41 heavy (non-hydrogen) atoms. The van der Waals surface area contributed by atoms with Crippen LogP contribution in [0.2, 0.25) is 0 Å². The topological polar surface area (TPSA) is 123 Å². The monoisotopic (exact) mass is 579 g/mol. The zero-order valence-corrected chi connectivity index (χ0v) is 26.2. The highest BCUT2D eigenvalue weighted by Gasteiger charge is 2.42. The number of carbonyl (C=O) groups excluding carboxylic acids is 3. The maximum absolute atomic E-state index is 13.2. The van der Waals surface area contributed by atoms with Crippen molar-refractivity contribution in [2.24, 2.45) is 29.6 Å². The fourth-order valence-corrected chi connectivity index (χ4v) is 6.15. The van der Waals surface area contributed by atoms with Crippen LogP contribution in [-0.4, -0.2) is 90.6 Å². The van der Waals surface area contributed by atoms with Crippen molar-refractivity contribution >= 4 is 18.0 Å². The van der Waals surface area contributed by atoms with Crippen LogP contribution >= 0.6 is 0 Å². The third-order valence-corrected chi connectivity index (χ3v) is 8.61. The highest BCUT2D eigenvalue weighted by molar-refractivity contribution is 5.91. The van der Waals surface area contributed by atoms with E-state index in [0.717, 1.165) is 11.9 Å². The van der Waals surface area contributed by atoms with Crippen molar-refractivity contribution in [2.45, 2.75) is 110 Å². The predicted molar refractivity (Wildman–Crippen MR) is 157 cm³/mol. The number of nitrogens with zero attached hydrogens (tertiary/aromatic N) is 1. The molecule has 1 fully saturated rings. The van der Waals surface area contributed by atoms with E-state index in [0.29, 0.717) is 25.7 Å². The quantitative estimate of drug-likeness (QED) is 0.343. The molecule has 9 nitrogen and oxygen atoms in total. The first-order valence-corrected chi connectivity index (χ1v) is 15.1. The van der Waals surface area contributed by atoms with Crippen molar-refractivity contribution in [3.8, 4) is 0 Å². The van der Waals surface area contributed by atoms with Gasteiger partial charge in [-0.05, 0) is 71.5 Å². The smallest absolute Gasteiger partial charge is 0.308 e. The van der Waals surface area contributed by atoms with E-state index in [1.807, 2.05) is 59.7 Å². The number of esters is 1. The van der Waals surface area contributed by atoms with Crippen LogP contribution in [0.25, 0.3) is 0 Å². The second kappa shape index (κ2) is 16.7. The summed E-state index contributed by atoms with van der Waals surface area (Å²) in [6.07, 6.45) is 5.00. The van der Waals surface area contributed by atoms with Gasteiger partial charge in [-0.15, -0.1) is 0 Å². The summed E-state index contributed by atoms with van der Waals surface area (Å²) in [6.45, 7) is 11.1. The zero-order valence-electron chi connectivity index (χ0n) is 26.2. The number of allylic oxidation sites excluding steroid dienone is 3. The fourth-order valence-electron chi connectivity index (χ4n) is 6.15. The van der Waals surface area contributed by atoms with Gasteiger partial charge in [0.05, 0.1) is 24.7 Å². The van der Waals surface area contributed by atoms with Crippen LogP contribution in [0.1, 0.15) is 73.6 Å². The Labute approximate surface area is 246 Å². The molecule has 0 aliphatic carbocycles. The minimum absolute atomic E-state index is 0.0743. The van der Waals surface area contributed by atoms with E-state index in [1.165, 1.54) is 6.08 Å². The Hall–Kier alpha value is -1.91. The molecule has 0 amide bonds. The van der Waals surface area contributed by atoms with E-state index in [1.54, 1.807) is 13.0 Å². The lowest BCUT2D eigenvalue weighted by Crippen LogP contribution is -2.55. The van der Waals surface area contributed by atoms with Gasteiger partial charge in [0.25, 0.3) is 0 Å². The lowest BCUT2D eigenvalue weighted by molar-refractivity contribution is -0.280. The van der Waals surface area contributed by atoms with Crippen molar-refractivity contribution in [3.63, 3.8) is 0 Å². The molecule has 9 heteroatoms. The van der Waals surface area contributed by atoms with E-state index in [4.69, 9.17) is 14.2 Å².